The van der Waals surface area contributed by atoms with Crippen LogP contribution in [0.25, 0.3) is 0 Å². The average Bonchev–Trinajstić information content (AvgIpc) is 2.56. The van der Waals surface area contributed by atoms with E-state index in [1.807, 2.05) is 6.92 Å². The molecule has 24 heavy (non-hydrogen) atoms. The first-order chi connectivity index (χ1) is 11.5. The third kappa shape index (κ3) is 5.26. The maximum Gasteiger partial charge on any atom is 0.200 e. The molecule has 0 aromatic heterocycles. The lowest BCUT2D eigenvalue weighted by Crippen LogP contribution is -2.25. The average molecular weight is 342 g/mol. The summed E-state index contributed by atoms with van der Waals surface area (Å²) in [5, 5.41) is 0. The van der Waals surface area contributed by atoms with Gasteiger partial charge in [-0.3, -0.25) is 0 Å². The minimum absolute atomic E-state index is 0.0321. The third-order valence-corrected chi connectivity index (χ3v) is 4.23. The Morgan fingerprint density at radius 3 is 2.71 bits per heavy atom. The van der Waals surface area contributed by atoms with E-state index in [1.165, 1.54) is 19.1 Å². The number of rotatable bonds is 7. The first-order valence-electron chi connectivity index (χ1n) is 8.56. The van der Waals surface area contributed by atoms with Crippen LogP contribution in [0.4, 0.5) is 13.2 Å². The van der Waals surface area contributed by atoms with Crippen molar-refractivity contribution >= 4 is 0 Å². The predicted molar refractivity (Wildman–Crippen MR) is 87.8 cm³/mol. The Hall–Kier alpha value is -1.49. The van der Waals surface area contributed by atoms with Gasteiger partial charge < -0.3 is 9.47 Å². The van der Waals surface area contributed by atoms with Crippen molar-refractivity contribution in [3.63, 3.8) is 0 Å². The molecule has 0 amide bonds. The number of halogens is 3. The number of hydrogen-bond acceptors (Lipinski definition) is 2. The minimum Gasteiger partial charge on any atom is -0.490 e. The van der Waals surface area contributed by atoms with Gasteiger partial charge in [0.1, 0.15) is 0 Å². The van der Waals surface area contributed by atoms with Crippen molar-refractivity contribution in [2.45, 2.75) is 52.1 Å². The summed E-state index contributed by atoms with van der Waals surface area (Å²) >= 11 is 0. The topological polar surface area (TPSA) is 18.5 Å². The quantitative estimate of drug-likeness (QED) is 0.664. The largest absolute Gasteiger partial charge is 0.490 e. The maximum absolute atomic E-state index is 14.1. The van der Waals surface area contributed by atoms with Crippen molar-refractivity contribution in [2.75, 3.05) is 13.2 Å². The molecule has 0 spiro atoms. The predicted octanol–water partition coefficient (Wildman–Crippen LogP) is 5.35. The molecule has 2 rings (SSSR count). The molecule has 0 aliphatic carbocycles. The normalized spacial score (nSPS) is 21.8. The van der Waals surface area contributed by atoms with Crippen molar-refractivity contribution in [3.8, 4) is 5.75 Å². The van der Waals surface area contributed by atoms with Gasteiger partial charge in [-0.2, -0.15) is 4.39 Å². The second-order valence-corrected chi connectivity index (χ2v) is 6.31. The Kier molecular flexibility index (Phi) is 7.16. The van der Waals surface area contributed by atoms with Gasteiger partial charge >= 0.3 is 0 Å². The number of benzene rings is 1. The zero-order chi connectivity index (χ0) is 17.5. The lowest BCUT2D eigenvalue weighted by Gasteiger charge is -2.27. The third-order valence-electron chi connectivity index (χ3n) is 4.23. The first kappa shape index (κ1) is 18.8. The molecule has 134 valence electrons. The van der Waals surface area contributed by atoms with Crippen molar-refractivity contribution in [3.05, 3.63) is 41.2 Å². The molecule has 0 N–H and O–H groups in total. The van der Waals surface area contributed by atoms with Crippen molar-refractivity contribution in [1.29, 1.82) is 0 Å². The number of hydrogen-bond donors (Lipinski definition) is 0. The highest BCUT2D eigenvalue weighted by atomic mass is 19.2. The summed E-state index contributed by atoms with van der Waals surface area (Å²) in [7, 11) is 0. The molecular formula is C19H25F3O2. The molecule has 1 aromatic carbocycles. The van der Waals surface area contributed by atoms with Gasteiger partial charge in [0, 0.05) is 0 Å². The van der Waals surface area contributed by atoms with Gasteiger partial charge in [0.2, 0.25) is 5.82 Å². The van der Waals surface area contributed by atoms with Gasteiger partial charge in [-0.1, -0.05) is 13.0 Å². The second kappa shape index (κ2) is 9.11. The fraction of sp³-hybridized carbons (Fsp3) is 0.579. The highest BCUT2D eigenvalue weighted by Gasteiger charge is 2.22. The van der Waals surface area contributed by atoms with Gasteiger partial charge in [-0.25, -0.2) is 8.78 Å². The molecule has 1 saturated heterocycles. The summed E-state index contributed by atoms with van der Waals surface area (Å²) in [4.78, 5) is 0. The van der Waals surface area contributed by atoms with Gasteiger partial charge in [0.05, 0.1) is 25.1 Å². The van der Waals surface area contributed by atoms with Crippen LogP contribution in [0.3, 0.4) is 0 Å². The van der Waals surface area contributed by atoms with Crippen molar-refractivity contribution in [1.82, 2.24) is 0 Å². The molecule has 1 aromatic rings. The van der Waals surface area contributed by atoms with E-state index in [2.05, 4.69) is 0 Å². The summed E-state index contributed by atoms with van der Waals surface area (Å²) in [5.41, 5.74) is 0.359. The summed E-state index contributed by atoms with van der Waals surface area (Å²) < 4.78 is 51.7. The number of aryl methyl sites for hydroxylation is 1. The van der Waals surface area contributed by atoms with Crippen LogP contribution < -0.4 is 4.74 Å². The second-order valence-electron chi connectivity index (χ2n) is 6.31. The van der Waals surface area contributed by atoms with E-state index in [-0.39, 0.29) is 23.6 Å². The zero-order valence-corrected chi connectivity index (χ0v) is 14.3. The maximum atomic E-state index is 14.1. The molecule has 0 radical (unpaired) electrons. The van der Waals surface area contributed by atoms with E-state index in [4.69, 9.17) is 9.47 Å². The lowest BCUT2D eigenvalue weighted by molar-refractivity contribution is 0.00767. The Bertz CT molecular complexity index is 560. The van der Waals surface area contributed by atoms with Crippen LogP contribution in [0.5, 0.6) is 5.75 Å². The van der Waals surface area contributed by atoms with Crippen LogP contribution in [0.2, 0.25) is 0 Å². The Morgan fingerprint density at radius 1 is 1.29 bits per heavy atom. The molecule has 1 aliphatic heterocycles. The van der Waals surface area contributed by atoms with E-state index in [9.17, 15) is 13.2 Å². The highest BCUT2D eigenvalue weighted by molar-refractivity contribution is 5.31. The Labute approximate surface area is 141 Å². The Morgan fingerprint density at radius 2 is 2.08 bits per heavy atom. The van der Waals surface area contributed by atoms with Crippen LogP contribution >= 0.6 is 0 Å². The molecule has 0 bridgehead atoms. The van der Waals surface area contributed by atoms with E-state index < -0.39 is 11.6 Å². The fourth-order valence-electron chi connectivity index (χ4n) is 2.89. The monoisotopic (exact) mass is 342 g/mol. The summed E-state index contributed by atoms with van der Waals surface area (Å²) in [6.07, 6.45) is 4.88. The molecule has 2 atom stereocenters. The fourth-order valence-corrected chi connectivity index (χ4v) is 2.89. The van der Waals surface area contributed by atoms with Crippen LogP contribution in [0, 0.1) is 17.6 Å². The molecular weight excluding hydrogens is 317 g/mol. The number of ether oxygens (including phenoxy) is 2. The highest BCUT2D eigenvalue weighted by Crippen LogP contribution is 2.27. The smallest absolute Gasteiger partial charge is 0.200 e. The lowest BCUT2D eigenvalue weighted by atomic mass is 9.92. The molecule has 1 fully saturated rings. The molecule has 1 heterocycles. The number of allylic oxidation sites excluding steroid dienone is 1. The molecule has 2 nitrogen and oxygen atoms in total. The summed E-state index contributed by atoms with van der Waals surface area (Å²) in [5.74, 6) is -1.72. The van der Waals surface area contributed by atoms with Crippen LogP contribution in [-0.4, -0.2) is 19.3 Å². The van der Waals surface area contributed by atoms with Crippen molar-refractivity contribution < 1.29 is 22.6 Å². The molecule has 2 unspecified atom stereocenters. The summed E-state index contributed by atoms with van der Waals surface area (Å²) in [6.45, 7) is 4.20. The van der Waals surface area contributed by atoms with Gasteiger partial charge in [-0.15, -0.1) is 0 Å². The SMILES string of the molecule is CCCOc1ccc(CCC2CCC(/C=C(/C)F)OC2)c(F)c1F. The standard InChI is InChI=1S/C19H25F3O2/c1-3-10-23-17-9-7-15(18(21)19(17)22)6-4-14-5-8-16(24-12-14)11-13(2)20/h7,9,11,14,16H,3-6,8,10,12H2,1-2H3/b13-11-. The minimum atomic E-state index is -0.913. The Balaban J connectivity index is 1.87. The van der Waals surface area contributed by atoms with Crippen LogP contribution in [0.1, 0.15) is 45.1 Å². The van der Waals surface area contributed by atoms with E-state index in [0.29, 0.717) is 25.2 Å². The van der Waals surface area contributed by atoms with Gasteiger partial charge in [0.15, 0.2) is 11.6 Å². The molecule has 5 heteroatoms. The first-order valence-corrected chi connectivity index (χ1v) is 8.56. The van der Waals surface area contributed by atoms with Gasteiger partial charge in [0.25, 0.3) is 0 Å². The summed E-state index contributed by atoms with van der Waals surface area (Å²) in [6, 6.07) is 3.08. The van der Waals surface area contributed by atoms with Crippen LogP contribution in [-0.2, 0) is 11.2 Å². The van der Waals surface area contributed by atoms with Crippen LogP contribution in [0.15, 0.2) is 24.0 Å². The van der Waals surface area contributed by atoms with E-state index in [1.54, 1.807) is 6.07 Å². The van der Waals surface area contributed by atoms with Crippen molar-refractivity contribution in [2.24, 2.45) is 5.92 Å². The van der Waals surface area contributed by atoms with Gasteiger partial charge in [-0.05, 0) is 62.7 Å². The molecule has 0 saturated carbocycles. The van der Waals surface area contributed by atoms with E-state index in [0.717, 1.165) is 25.7 Å². The van der Waals surface area contributed by atoms with E-state index >= 15 is 0 Å². The molecule has 1 aliphatic rings. The zero-order valence-electron chi connectivity index (χ0n) is 14.3.